The third kappa shape index (κ3) is 3.95. The van der Waals surface area contributed by atoms with Crippen LogP contribution in [0.15, 0.2) is 0 Å². The summed E-state index contributed by atoms with van der Waals surface area (Å²) in [6.45, 7) is 2.23. The molecule has 1 aliphatic heterocycles. The van der Waals surface area contributed by atoms with E-state index in [1.807, 2.05) is 0 Å². The maximum absolute atomic E-state index is 11.6. The van der Waals surface area contributed by atoms with E-state index in [2.05, 4.69) is 12.2 Å². The largest absolute Gasteiger partial charge is 0.310 e. The van der Waals surface area contributed by atoms with Crippen LogP contribution in [0.3, 0.4) is 0 Å². The van der Waals surface area contributed by atoms with Crippen molar-refractivity contribution in [1.29, 1.82) is 0 Å². The predicted octanol–water partition coefficient (Wildman–Crippen LogP) is 2.12. The molecular weight excluding hydrogens is 234 g/mol. The van der Waals surface area contributed by atoms with E-state index in [0.717, 1.165) is 18.8 Å². The fourth-order valence-electron chi connectivity index (χ4n) is 3.30. The average molecular weight is 259 g/mol. The van der Waals surface area contributed by atoms with Gasteiger partial charge in [-0.3, -0.25) is 0 Å². The zero-order valence-electron chi connectivity index (χ0n) is 10.8. The van der Waals surface area contributed by atoms with Gasteiger partial charge in [0.1, 0.15) is 0 Å². The Bertz CT molecular complexity index is 333. The van der Waals surface area contributed by atoms with Crippen LogP contribution in [0, 0.1) is 5.92 Å². The van der Waals surface area contributed by atoms with Gasteiger partial charge in [0, 0.05) is 12.1 Å². The Morgan fingerprint density at radius 3 is 2.41 bits per heavy atom. The van der Waals surface area contributed by atoms with Crippen molar-refractivity contribution in [2.45, 2.75) is 64.0 Å². The lowest BCUT2D eigenvalue weighted by molar-refractivity contribution is 0.263. The SMILES string of the molecule is C[C@@H](NC1CCCS(=O)(=O)C1)C1CCCCC1. The molecule has 0 bridgehead atoms. The summed E-state index contributed by atoms with van der Waals surface area (Å²) >= 11 is 0. The Labute approximate surface area is 105 Å². The molecule has 0 radical (unpaired) electrons. The van der Waals surface area contributed by atoms with Crippen molar-refractivity contribution in [1.82, 2.24) is 5.32 Å². The van der Waals surface area contributed by atoms with E-state index in [-0.39, 0.29) is 6.04 Å². The van der Waals surface area contributed by atoms with Crippen LogP contribution >= 0.6 is 0 Å². The molecule has 1 heterocycles. The number of hydrogen-bond acceptors (Lipinski definition) is 3. The normalized spacial score (nSPS) is 32.2. The molecule has 4 heteroatoms. The summed E-state index contributed by atoms with van der Waals surface area (Å²) in [6.07, 6.45) is 8.55. The highest BCUT2D eigenvalue weighted by Crippen LogP contribution is 2.27. The molecule has 0 aromatic heterocycles. The lowest BCUT2D eigenvalue weighted by atomic mass is 9.84. The first-order valence-corrected chi connectivity index (χ1v) is 8.85. The lowest BCUT2D eigenvalue weighted by Crippen LogP contribution is -2.47. The lowest BCUT2D eigenvalue weighted by Gasteiger charge is -2.33. The van der Waals surface area contributed by atoms with Crippen molar-refractivity contribution in [3.63, 3.8) is 0 Å². The molecule has 1 unspecified atom stereocenters. The average Bonchev–Trinajstić information content (AvgIpc) is 2.29. The minimum atomic E-state index is -2.77. The quantitative estimate of drug-likeness (QED) is 0.844. The first kappa shape index (κ1) is 13.3. The van der Waals surface area contributed by atoms with Crippen LogP contribution in [0.1, 0.15) is 51.9 Å². The van der Waals surface area contributed by atoms with Gasteiger partial charge >= 0.3 is 0 Å². The summed E-state index contributed by atoms with van der Waals surface area (Å²) in [5.74, 6) is 1.50. The van der Waals surface area contributed by atoms with Gasteiger partial charge < -0.3 is 5.32 Å². The molecule has 2 aliphatic rings. The topological polar surface area (TPSA) is 46.2 Å². The molecule has 0 amide bonds. The molecule has 17 heavy (non-hydrogen) atoms. The Morgan fingerprint density at radius 1 is 1.06 bits per heavy atom. The number of sulfone groups is 1. The molecule has 1 saturated heterocycles. The van der Waals surface area contributed by atoms with Gasteiger partial charge in [-0.15, -0.1) is 0 Å². The summed E-state index contributed by atoms with van der Waals surface area (Å²) in [5.41, 5.74) is 0. The summed E-state index contributed by atoms with van der Waals surface area (Å²) < 4.78 is 23.2. The Morgan fingerprint density at radius 2 is 1.76 bits per heavy atom. The molecule has 0 aromatic rings. The van der Waals surface area contributed by atoms with Gasteiger partial charge in [-0.1, -0.05) is 19.3 Å². The van der Waals surface area contributed by atoms with Crippen LogP contribution in [-0.2, 0) is 9.84 Å². The summed E-state index contributed by atoms with van der Waals surface area (Å²) in [5, 5.41) is 3.56. The number of hydrogen-bond donors (Lipinski definition) is 1. The van der Waals surface area contributed by atoms with E-state index in [4.69, 9.17) is 0 Å². The van der Waals surface area contributed by atoms with Gasteiger partial charge in [0.25, 0.3) is 0 Å². The van der Waals surface area contributed by atoms with Crippen LogP contribution in [0.25, 0.3) is 0 Å². The van der Waals surface area contributed by atoms with E-state index in [9.17, 15) is 8.42 Å². The van der Waals surface area contributed by atoms with E-state index >= 15 is 0 Å². The Kier molecular flexibility index (Phi) is 4.47. The van der Waals surface area contributed by atoms with Crippen molar-refractivity contribution >= 4 is 9.84 Å². The van der Waals surface area contributed by atoms with Crippen molar-refractivity contribution in [2.24, 2.45) is 5.92 Å². The maximum atomic E-state index is 11.6. The fourth-order valence-corrected chi connectivity index (χ4v) is 4.95. The van der Waals surface area contributed by atoms with Crippen LogP contribution in [0.2, 0.25) is 0 Å². The first-order valence-electron chi connectivity index (χ1n) is 7.03. The van der Waals surface area contributed by atoms with E-state index in [0.29, 0.717) is 17.5 Å². The van der Waals surface area contributed by atoms with Crippen molar-refractivity contribution < 1.29 is 8.42 Å². The van der Waals surface area contributed by atoms with Gasteiger partial charge in [-0.25, -0.2) is 8.42 Å². The zero-order chi connectivity index (χ0) is 12.3. The first-order chi connectivity index (χ1) is 8.07. The molecular formula is C13H25NO2S. The molecule has 2 fully saturated rings. The van der Waals surface area contributed by atoms with Gasteiger partial charge in [-0.2, -0.15) is 0 Å². The molecule has 3 nitrogen and oxygen atoms in total. The monoisotopic (exact) mass is 259 g/mol. The van der Waals surface area contributed by atoms with Crippen LogP contribution < -0.4 is 5.32 Å². The van der Waals surface area contributed by atoms with Gasteiger partial charge in [0.05, 0.1) is 11.5 Å². The highest BCUT2D eigenvalue weighted by Gasteiger charge is 2.28. The third-order valence-corrected chi connectivity index (χ3v) is 6.14. The highest BCUT2D eigenvalue weighted by atomic mass is 32.2. The molecule has 2 atom stereocenters. The number of rotatable bonds is 3. The summed E-state index contributed by atoms with van der Waals surface area (Å²) in [4.78, 5) is 0. The van der Waals surface area contributed by atoms with Crippen LogP contribution in [-0.4, -0.2) is 32.0 Å². The van der Waals surface area contributed by atoms with E-state index in [1.165, 1.54) is 32.1 Å². The molecule has 1 aliphatic carbocycles. The van der Waals surface area contributed by atoms with Crippen LogP contribution in [0.5, 0.6) is 0 Å². The standard InChI is InChI=1S/C13H25NO2S/c1-11(12-6-3-2-4-7-12)14-13-8-5-9-17(15,16)10-13/h11-14H,2-10H2,1H3/t11-,13?/m1/s1. The van der Waals surface area contributed by atoms with E-state index in [1.54, 1.807) is 0 Å². The maximum Gasteiger partial charge on any atom is 0.151 e. The minimum absolute atomic E-state index is 0.200. The molecule has 0 aromatic carbocycles. The van der Waals surface area contributed by atoms with Crippen molar-refractivity contribution in [3.05, 3.63) is 0 Å². The minimum Gasteiger partial charge on any atom is -0.310 e. The second-order valence-corrected chi connectivity index (χ2v) is 8.04. The predicted molar refractivity (Wildman–Crippen MR) is 70.8 cm³/mol. The highest BCUT2D eigenvalue weighted by molar-refractivity contribution is 7.91. The van der Waals surface area contributed by atoms with Crippen LogP contribution in [0.4, 0.5) is 0 Å². The smallest absolute Gasteiger partial charge is 0.151 e. The second kappa shape index (κ2) is 5.70. The van der Waals surface area contributed by atoms with Gasteiger partial charge in [0.2, 0.25) is 0 Å². The Hall–Kier alpha value is -0.0900. The summed E-state index contributed by atoms with van der Waals surface area (Å²) in [7, 11) is -2.77. The van der Waals surface area contributed by atoms with Crippen molar-refractivity contribution in [3.8, 4) is 0 Å². The molecule has 0 spiro atoms. The van der Waals surface area contributed by atoms with Crippen molar-refractivity contribution in [2.75, 3.05) is 11.5 Å². The van der Waals surface area contributed by atoms with Gasteiger partial charge in [-0.05, 0) is 38.5 Å². The molecule has 1 N–H and O–H groups in total. The molecule has 2 rings (SSSR count). The van der Waals surface area contributed by atoms with Gasteiger partial charge in [0.15, 0.2) is 9.84 Å². The fraction of sp³-hybridized carbons (Fsp3) is 1.00. The number of nitrogens with one attached hydrogen (secondary N) is 1. The van der Waals surface area contributed by atoms with E-state index < -0.39 is 9.84 Å². The molecule has 1 saturated carbocycles. The second-order valence-electron chi connectivity index (χ2n) is 5.81. The zero-order valence-corrected chi connectivity index (χ0v) is 11.6. The Balaban J connectivity index is 1.83. The molecule has 100 valence electrons. The summed E-state index contributed by atoms with van der Waals surface area (Å²) in [6, 6.07) is 0.680. The third-order valence-electron chi connectivity index (χ3n) is 4.32.